The average Bonchev–Trinajstić information content (AvgIpc) is 3.04. The Morgan fingerprint density at radius 2 is 1.96 bits per heavy atom. The van der Waals surface area contributed by atoms with E-state index in [4.69, 9.17) is 10.5 Å². The number of primary amides is 1. The fourth-order valence-corrected chi connectivity index (χ4v) is 2.94. The highest BCUT2D eigenvalue weighted by Gasteiger charge is 2.29. The summed E-state index contributed by atoms with van der Waals surface area (Å²) in [6.07, 6.45) is 2.55. The fourth-order valence-electron chi connectivity index (χ4n) is 2.94. The predicted octanol–water partition coefficient (Wildman–Crippen LogP) is 2.31. The first-order valence-corrected chi connectivity index (χ1v) is 8.95. The Balaban J connectivity index is 1.74. The van der Waals surface area contributed by atoms with Gasteiger partial charge < -0.3 is 20.7 Å². The Bertz CT molecular complexity index is 586. The van der Waals surface area contributed by atoms with Gasteiger partial charge in [-0.1, -0.05) is 12.1 Å². The molecule has 1 saturated heterocycles. The largest absolute Gasteiger partial charge is 0.491 e. The fraction of sp³-hybridized carbons (Fsp3) is 0.579. The van der Waals surface area contributed by atoms with Crippen LogP contribution in [0, 0.1) is 5.92 Å². The van der Waals surface area contributed by atoms with Gasteiger partial charge in [0.2, 0.25) is 5.91 Å². The lowest BCUT2D eigenvalue weighted by atomic mass is 10.1. The summed E-state index contributed by atoms with van der Waals surface area (Å²) in [5.74, 6) is 0.332. The number of aryl methyl sites for hydroxylation is 1. The molecule has 2 atom stereocenters. The molecule has 0 unspecified atom stereocenters. The Morgan fingerprint density at radius 3 is 2.52 bits per heavy atom. The molecule has 6 nitrogen and oxygen atoms in total. The van der Waals surface area contributed by atoms with Gasteiger partial charge in [0.15, 0.2) is 0 Å². The number of hydrogen-bond donors (Lipinski definition) is 2. The molecule has 3 N–H and O–H groups in total. The molecule has 0 spiro atoms. The van der Waals surface area contributed by atoms with Gasteiger partial charge in [-0.2, -0.15) is 0 Å². The number of benzene rings is 1. The van der Waals surface area contributed by atoms with Crippen LogP contribution >= 0.6 is 0 Å². The van der Waals surface area contributed by atoms with Crippen LogP contribution in [0.2, 0.25) is 0 Å². The van der Waals surface area contributed by atoms with Gasteiger partial charge in [0.25, 0.3) is 0 Å². The number of nitrogens with one attached hydrogen (secondary N) is 1. The van der Waals surface area contributed by atoms with Crippen molar-refractivity contribution in [2.75, 3.05) is 13.1 Å². The Morgan fingerprint density at radius 1 is 1.28 bits per heavy atom. The van der Waals surface area contributed by atoms with E-state index in [1.54, 1.807) is 4.90 Å². The predicted molar refractivity (Wildman–Crippen MR) is 97.4 cm³/mol. The summed E-state index contributed by atoms with van der Waals surface area (Å²) in [4.78, 5) is 25.1. The lowest BCUT2D eigenvalue weighted by Gasteiger charge is -2.21. The molecule has 1 aliphatic heterocycles. The molecule has 1 aliphatic rings. The van der Waals surface area contributed by atoms with Crippen LogP contribution in [0.25, 0.3) is 0 Å². The van der Waals surface area contributed by atoms with E-state index in [0.717, 1.165) is 18.6 Å². The van der Waals surface area contributed by atoms with Gasteiger partial charge in [-0.3, -0.25) is 4.79 Å². The molecule has 0 aromatic heterocycles. The number of amides is 3. The van der Waals surface area contributed by atoms with E-state index in [0.29, 0.717) is 19.5 Å². The van der Waals surface area contributed by atoms with Gasteiger partial charge in [0.05, 0.1) is 12.0 Å². The second-order valence-electron chi connectivity index (χ2n) is 7.03. The van der Waals surface area contributed by atoms with Crippen molar-refractivity contribution < 1.29 is 14.3 Å². The molecule has 1 aromatic rings. The molecular weight excluding hydrogens is 318 g/mol. The molecule has 1 fully saturated rings. The second kappa shape index (κ2) is 8.74. The van der Waals surface area contributed by atoms with Crippen molar-refractivity contribution >= 4 is 11.9 Å². The van der Waals surface area contributed by atoms with Crippen LogP contribution < -0.4 is 15.8 Å². The van der Waals surface area contributed by atoms with Crippen molar-refractivity contribution in [2.45, 2.75) is 52.2 Å². The number of nitrogens with two attached hydrogens (primary N) is 1. The molecule has 0 radical (unpaired) electrons. The maximum Gasteiger partial charge on any atom is 0.317 e. The molecule has 2 rings (SSSR count). The monoisotopic (exact) mass is 347 g/mol. The van der Waals surface area contributed by atoms with Crippen molar-refractivity contribution in [3.63, 3.8) is 0 Å². The maximum absolute atomic E-state index is 12.2. The van der Waals surface area contributed by atoms with Gasteiger partial charge in [-0.25, -0.2) is 4.79 Å². The quantitative estimate of drug-likeness (QED) is 0.794. The van der Waals surface area contributed by atoms with Crippen molar-refractivity contribution in [3.05, 3.63) is 29.8 Å². The summed E-state index contributed by atoms with van der Waals surface area (Å²) >= 11 is 0. The lowest BCUT2D eigenvalue weighted by Crippen LogP contribution is -2.43. The smallest absolute Gasteiger partial charge is 0.317 e. The van der Waals surface area contributed by atoms with Crippen molar-refractivity contribution in [2.24, 2.45) is 11.7 Å². The van der Waals surface area contributed by atoms with Gasteiger partial charge in [0.1, 0.15) is 5.75 Å². The van der Waals surface area contributed by atoms with E-state index < -0.39 is 0 Å². The summed E-state index contributed by atoms with van der Waals surface area (Å²) in [6.45, 7) is 7.01. The minimum absolute atomic E-state index is 0.0618. The standard InChI is InChI=1S/C19H29N3O3/c1-13(2)25-17-8-6-15(7-9-17)5-4-14(3)21-19(24)22-11-10-16(12-22)18(20)23/h6-9,13-14,16H,4-5,10-12H2,1-3H3,(H2,20,23)(H,21,24)/t14-,16+/m1/s1. The zero-order valence-electron chi connectivity index (χ0n) is 15.3. The molecule has 3 amide bonds. The number of hydrogen-bond acceptors (Lipinski definition) is 3. The number of likely N-dealkylation sites (tertiary alicyclic amines) is 1. The lowest BCUT2D eigenvalue weighted by molar-refractivity contribution is -0.121. The van der Waals surface area contributed by atoms with Crippen molar-refractivity contribution in [3.8, 4) is 5.75 Å². The molecule has 1 aromatic carbocycles. The minimum atomic E-state index is -0.326. The number of nitrogens with zero attached hydrogens (tertiary/aromatic N) is 1. The van der Waals surface area contributed by atoms with Crippen LogP contribution in [0.5, 0.6) is 5.75 Å². The summed E-state index contributed by atoms with van der Waals surface area (Å²) < 4.78 is 5.63. The van der Waals surface area contributed by atoms with Gasteiger partial charge in [-0.15, -0.1) is 0 Å². The van der Waals surface area contributed by atoms with E-state index in [1.807, 2.05) is 32.9 Å². The summed E-state index contributed by atoms with van der Waals surface area (Å²) in [7, 11) is 0. The Hall–Kier alpha value is -2.24. The molecule has 138 valence electrons. The average molecular weight is 347 g/mol. The topological polar surface area (TPSA) is 84.7 Å². The molecule has 0 bridgehead atoms. The number of carbonyl (C=O) groups is 2. The molecule has 0 saturated carbocycles. The van der Waals surface area contributed by atoms with Crippen LogP contribution in [0.4, 0.5) is 4.79 Å². The van der Waals surface area contributed by atoms with Gasteiger partial charge >= 0.3 is 6.03 Å². The maximum atomic E-state index is 12.2. The Kier molecular flexibility index (Phi) is 6.67. The van der Waals surface area contributed by atoms with Gasteiger partial charge in [-0.05, 0) is 57.7 Å². The highest BCUT2D eigenvalue weighted by atomic mass is 16.5. The molecule has 25 heavy (non-hydrogen) atoms. The molecule has 0 aliphatic carbocycles. The van der Waals surface area contributed by atoms with E-state index >= 15 is 0 Å². The number of ether oxygens (including phenoxy) is 1. The van der Waals surface area contributed by atoms with Gasteiger partial charge in [0, 0.05) is 19.1 Å². The zero-order chi connectivity index (χ0) is 18.4. The normalized spacial score (nSPS) is 18.2. The third kappa shape index (κ3) is 5.96. The summed E-state index contributed by atoms with van der Waals surface area (Å²) in [6, 6.07) is 8.03. The molecule has 1 heterocycles. The van der Waals surface area contributed by atoms with Crippen LogP contribution in [-0.4, -0.2) is 42.1 Å². The third-order valence-corrected chi connectivity index (χ3v) is 4.41. The van der Waals surface area contributed by atoms with Crippen LogP contribution in [0.3, 0.4) is 0 Å². The zero-order valence-corrected chi connectivity index (χ0v) is 15.3. The molecular formula is C19H29N3O3. The number of rotatable bonds is 7. The van der Waals surface area contributed by atoms with Crippen molar-refractivity contribution in [1.82, 2.24) is 10.2 Å². The SMILES string of the molecule is CC(C)Oc1ccc(CC[C@@H](C)NC(=O)N2CC[C@H](C(N)=O)C2)cc1. The number of carbonyl (C=O) groups excluding carboxylic acids is 2. The third-order valence-electron chi connectivity index (χ3n) is 4.41. The van der Waals surface area contributed by atoms with E-state index in [2.05, 4.69) is 17.4 Å². The summed E-state index contributed by atoms with van der Waals surface area (Å²) in [5.41, 5.74) is 6.52. The number of urea groups is 1. The summed E-state index contributed by atoms with van der Waals surface area (Å²) in [5, 5.41) is 3.00. The van der Waals surface area contributed by atoms with E-state index in [1.165, 1.54) is 5.56 Å². The highest BCUT2D eigenvalue weighted by molar-refractivity contribution is 5.80. The first-order valence-electron chi connectivity index (χ1n) is 8.95. The first kappa shape index (κ1) is 19.1. The minimum Gasteiger partial charge on any atom is -0.491 e. The van der Waals surface area contributed by atoms with Crippen molar-refractivity contribution in [1.29, 1.82) is 0 Å². The second-order valence-corrected chi connectivity index (χ2v) is 7.03. The van der Waals surface area contributed by atoms with Crippen LogP contribution in [0.1, 0.15) is 39.2 Å². The van der Waals surface area contributed by atoms with E-state index in [9.17, 15) is 9.59 Å². The Labute approximate surface area is 149 Å². The highest BCUT2D eigenvalue weighted by Crippen LogP contribution is 2.17. The first-order chi connectivity index (χ1) is 11.8. The van der Waals surface area contributed by atoms with Crippen LogP contribution in [0.15, 0.2) is 24.3 Å². The molecule has 6 heteroatoms. The van der Waals surface area contributed by atoms with Crippen LogP contribution in [-0.2, 0) is 11.2 Å². The van der Waals surface area contributed by atoms with E-state index in [-0.39, 0.29) is 30.0 Å².